The van der Waals surface area contributed by atoms with Gasteiger partial charge >= 0.3 is 0 Å². The van der Waals surface area contributed by atoms with Crippen molar-refractivity contribution in [2.45, 2.75) is 37.3 Å². The summed E-state index contributed by atoms with van der Waals surface area (Å²) in [5.41, 5.74) is 1.50. The van der Waals surface area contributed by atoms with Gasteiger partial charge in [0, 0.05) is 11.6 Å². The Bertz CT molecular complexity index is 862. The summed E-state index contributed by atoms with van der Waals surface area (Å²) < 4.78 is 33.9. The van der Waals surface area contributed by atoms with Crippen LogP contribution in [0.3, 0.4) is 0 Å². The highest BCUT2D eigenvalue weighted by atomic mass is 35.5. The largest absolute Gasteiger partial charge is 0.370 e. The Labute approximate surface area is 154 Å². The summed E-state index contributed by atoms with van der Waals surface area (Å²) in [4.78, 5) is 0.206. The lowest BCUT2D eigenvalue weighted by Gasteiger charge is -2.44. The van der Waals surface area contributed by atoms with Crippen molar-refractivity contribution in [1.29, 1.82) is 0 Å². The van der Waals surface area contributed by atoms with Crippen molar-refractivity contribution in [1.82, 2.24) is 4.31 Å². The topological polar surface area (TPSA) is 46.6 Å². The van der Waals surface area contributed by atoms with E-state index in [-0.39, 0.29) is 17.5 Å². The Morgan fingerprint density at radius 1 is 1.16 bits per heavy atom. The van der Waals surface area contributed by atoms with Gasteiger partial charge in [-0.1, -0.05) is 47.5 Å². The highest BCUT2D eigenvalue weighted by Gasteiger charge is 2.43. The van der Waals surface area contributed by atoms with Gasteiger partial charge in [-0.25, -0.2) is 8.42 Å². The number of halogens is 1. The van der Waals surface area contributed by atoms with Gasteiger partial charge in [0.25, 0.3) is 0 Å². The van der Waals surface area contributed by atoms with Crippen molar-refractivity contribution in [3.63, 3.8) is 0 Å². The highest BCUT2D eigenvalue weighted by Crippen LogP contribution is 2.35. The van der Waals surface area contributed by atoms with Crippen LogP contribution in [0.2, 0.25) is 5.02 Å². The van der Waals surface area contributed by atoms with Crippen molar-refractivity contribution in [3.8, 4) is 0 Å². The fourth-order valence-electron chi connectivity index (χ4n) is 2.99. The van der Waals surface area contributed by atoms with E-state index >= 15 is 0 Å². The Kier molecular flexibility index (Phi) is 4.95. The monoisotopic (exact) mass is 379 g/mol. The number of hydrogen-bond donors (Lipinski definition) is 0. The lowest BCUT2D eigenvalue weighted by molar-refractivity contribution is -0.0655. The van der Waals surface area contributed by atoms with E-state index in [9.17, 15) is 8.42 Å². The molecule has 0 bridgehead atoms. The highest BCUT2D eigenvalue weighted by molar-refractivity contribution is 7.89. The Morgan fingerprint density at radius 2 is 1.84 bits per heavy atom. The summed E-state index contributed by atoms with van der Waals surface area (Å²) in [7, 11) is -3.67. The van der Waals surface area contributed by atoms with Gasteiger partial charge in [0.05, 0.1) is 23.1 Å². The van der Waals surface area contributed by atoms with E-state index in [2.05, 4.69) is 0 Å². The minimum absolute atomic E-state index is 0.206. The molecule has 0 amide bonds. The fraction of sp³-hybridized carbons (Fsp3) is 0.368. The van der Waals surface area contributed by atoms with E-state index in [1.165, 1.54) is 10.4 Å². The summed E-state index contributed by atoms with van der Waals surface area (Å²) in [6.45, 7) is 6.36. The molecule has 25 heavy (non-hydrogen) atoms. The van der Waals surface area contributed by atoms with Crippen molar-refractivity contribution in [2.24, 2.45) is 0 Å². The third kappa shape index (κ3) is 3.75. The molecular weight excluding hydrogens is 358 g/mol. The van der Waals surface area contributed by atoms with Crippen LogP contribution in [0.25, 0.3) is 0 Å². The third-order valence-electron chi connectivity index (χ3n) is 4.48. The first-order valence-corrected chi connectivity index (χ1v) is 9.98. The molecule has 2 aromatic rings. The smallest absolute Gasteiger partial charge is 0.243 e. The molecule has 0 aliphatic carbocycles. The predicted molar refractivity (Wildman–Crippen MR) is 99.3 cm³/mol. The number of sulfonamides is 1. The SMILES string of the molecule is Cc1ccc(C2CN(S(=O)(=O)c3cccc(Cl)c3)C(C)(C)CO2)cc1. The van der Waals surface area contributed by atoms with Crippen LogP contribution in [0.5, 0.6) is 0 Å². The van der Waals surface area contributed by atoms with Crippen LogP contribution in [-0.4, -0.2) is 31.4 Å². The zero-order valence-electron chi connectivity index (χ0n) is 14.6. The van der Waals surface area contributed by atoms with Gasteiger partial charge in [-0.15, -0.1) is 0 Å². The normalized spacial score (nSPS) is 21.2. The number of morpholine rings is 1. The number of ether oxygens (including phenoxy) is 1. The molecule has 1 fully saturated rings. The van der Waals surface area contributed by atoms with Gasteiger partial charge in [-0.3, -0.25) is 0 Å². The molecule has 1 aliphatic rings. The third-order valence-corrected chi connectivity index (χ3v) is 6.79. The second kappa shape index (κ2) is 6.72. The molecule has 6 heteroatoms. The first-order valence-electron chi connectivity index (χ1n) is 8.17. The van der Waals surface area contributed by atoms with E-state index in [4.69, 9.17) is 16.3 Å². The number of aryl methyl sites for hydroxylation is 1. The van der Waals surface area contributed by atoms with Crippen molar-refractivity contribution in [2.75, 3.05) is 13.2 Å². The van der Waals surface area contributed by atoms with Gasteiger partial charge in [0.15, 0.2) is 0 Å². The number of benzene rings is 2. The van der Waals surface area contributed by atoms with Gasteiger partial charge in [0.1, 0.15) is 0 Å². The fourth-order valence-corrected chi connectivity index (χ4v) is 5.06. The Morgan fingerprint density at radius 3 is 2.48 bits per heavy atom. The van der Waals surface area contributed by atoms with E-state index in [0.717, 1.165) is 11.1 Å². The second-order valence-electron chi connectivity index (χ2n) is 7.02. The summed E-state index contributed by atoms with van der Waals surface area (Å²) >= 11 is 5.99. The van der Waals surface area contributed by atoms with Crippen LogP contribution in [0.4, 0.5) is 0 Å². The van der Waals surface area contributed by atoms with Crippen LogP contribution in [0.15, 0.2) is 53.4 Å². The lowest BCUT2D eigenvalue weighted by atomic mass is 10.0. The Hall–Kier alpha value is -1.40. The van der Waals surface area contributed by atoms with Gasteiger partial charge in [-0.05, 0) is 44.5 Å². The van der Waals surface area contributed by atoms with Crippen LogP contribution in [0.1, 0.15) is 31.1 Å². The molecular formula is C19H22ClNO3S. The molecule has 1 unspecified atom stereocenters. The molecule has 0 saturated carbocycles. The van der Waals surface area contributed by atoms with Crippen molar-refractivity contribution in [3.05, 3.63) is 64.7 Å². The molecule has 1 aliphatic heterocycles. The summed E-state index contributed by atoms with van der Waals surface area (Å²) in [5, 5.41) is 0.405. The molecule has 0 N–H and O–H groups in total. The molecule has 0 spiro atoms. The zero-order chi connectivity index (χ0) is 18.2. The van der Waals surface area contributed by atoms with Crippen LogP contribution < -0.4 is 0 Å². The minimum atomic E-state index is -3.67. The molecule has 1 atom stereocenters. The van der Waals surface area contributed by atoms with E-state index in [0.29, 0.717) is 11.6 Å². The zero-order valence-corrected chi connectivity index (χ0v) is 16.1. The Balaban J connectivity index is 1.95. The second-order valence-corrected chi connectivity index (χ2v) is 9.32. The maximum absolute atomic E-state index is 13.2. The number of hydrogen-bond acceptors (Lipinski definition) is 3. The molecule has 0 radical (unpaired) electrons. The van der Waals surface area contributed by atoms with Gasteiger partial charge < -0.3 is 4.74 Å². The van der Waals surface area contributed by atoms with E-state index < -0.39 is 15.6 Å². The maximum atomic E-state index is 13.2. The molecule has 4 nitrogen and oxygen atoms in total. The molecule has 2 aromatic carbocycles. The molecule has 3 rings (SSSR count). The number of nitrogens with zero attached hydrogens (tertiary/aromatic N) is 1. The van der Waals surface area contributed by atoms with Crippen LogP contribution >= 0.6 is 11.6 Å². The van der Waals surface area contributed by atoms with Crippen molar-refractivity contribution < 1.29 is 13.2 Å². The first-order chi connectivity index (χ1) is 11.7. The first kappa shape index (κ1) is 18.4. The average molecular weight is 380 g/mol. The molecule has 1 heterocycles. The molecule has 0 aromatic heterocycles. The van der Waals surface area contributed by atoms with Gasteiger partial charge in [0.2, 0.25) is 10.0 Å². The van der Waals surface area contributed by atoms with E-state index in [1.807, 2.05) is 45.0 Å². The summed E-state index contributed by atoms with van der Waals surface area (Å²) in [6.07, 6.45) is -0.289. The van der Waals surface area contributed by atoms with Crippen LogP contribution in [-0.2, 0) is 14.8 Å². The summed E-state index contributed by atoms with van der Waals surface area (Å²) in [5.74, 6) is 0. The minimum Gasteiger partial charge on any atom is -0.370 e. The standard InChI is InChI=1S/C19H22ClNO3S/c1-14-7-9-15(10-8-14)18-12-21(19(2,3)13-24-18)25(22,23)17-6-4-5-16(20)11-17/h4-11,18H,12-13H2,1-3H3. The van der Waals surface area contributed by atoms with Crippen molar-refractivity contribution >= 4 is 21.6 Å². The van der Waals surface area contributed by atoms with Gasteiger partial charge in [-0.2, -0.15) is 4.31 Å². The number of rotatable bonds is 3. The molecule has 134 valence electrons. The lowest BCUT2D eigenvalue weighted by Crippen LogP contribution is -2.56. The predicted octanol–water partition coefficient (Wildman–Crippen LogP) is 4.19. The average Bonchev–Trinajstić information content (AvgIpc) is 2.55. The van der Waals surface area contributed by atoms with Crippen LogP contribution in [0, 0.1) is 6.92 Å². The molecule has 1 saturated heterocycles. The quantitative estimate of drug-likeness (QED) is 0.803. The van der Waals surface area contributed by atoms with E-state index in [1.54, 1.807) is 18.2 Å². The maximum Gasteiger partial charge on any atom is 0.243 e. The summed E-state index contributed by atoms with van der Waals surface area (Å²) in [6, 6.07) is 14.4.